The zero-order valence-electron chi connectivity index (χ0n) is 12.1. The molecule has 0 spiro atoms. The molecule has 122 valence electrons. The molecule has 8 heteroatoms. The standard InChI is InChI=1S/C16H10ClFN2O4/c17-14-7-10(18)3-6-12(14)15-13(8-21)16(24-19-15)9-1-4-11(5-2-9)20(22)23/h1-7,21H,8H2. The number of hydrogen-bond donors (Lipinski definition) is 1. The van der Waals surface area contributed by atoms with Crippen LogP contribution < -0.4 is 0 Å². The molecule has 0 radical (unpaired) electrons. The molecule has 0 aliphatic carbocycles. The van der Waals surface area contributed by atoms with Crippen LogP contribution in [0.2, 0.25) is 5.02 Å². The Kier molecular flexibility index (Phi) is 4.28. The zero-order chi connectivity index (χ0) is 17.3. The van der Waals surface area contributed by atoms with Gasteiger partial charge in [0.2, 0.25) is 0 Å². The van der Waals surface area contributed by atoms with E-state index in [2.05, 4.69) is 5.16 Å². The number of rotatable bonds is 4. The molecule has 0 aliphatic heterocycles. The third kappa shape index (κ3) is 2.86. The maximum atomic E-state index is 13.2. The molecule has 0 unspecified atom stereocenters. The summed E-state index contributed by atoms with van der Waals surface area (Å²) in [6, 6.07) is 9.43. The van der Waals surface area contributed by atoms with E-state index in [1.165, 1.54) is 36.4 Å². The van der Waals surface area contributed by atoms with Gasteiger partial charge in [0.05, 0.1) is 22.1 Å². The summed E-state index contributed by atoms with van der Waals surface area (Å²) in [4.78, 5) is 10.2. The second-order valence-electron chi connectivity index (χ2n) is 4.93. The molecule has 24 heavy (non-hydrogen) atoms. The molecule has 0 saturated carbocycles. The monoisotopic (exact) mass is 348 g/mol. The molecular weight excluding hydrogens is 339 g/mol. The van der Waals surface area contributed by atoms with Crippen molar-refractivity contribution in [3.05, 3.63) is 69.0 Å². The highest BCUT2D eigenvalue weighted by Gasteiger charge is 2.21. The van der Waals surface area contributed by atoms with Crippen molar-refractivity contribution in [2.75, 3.05) is 0 Å². The second kappa shape index (κ2) is 6.38. The van der Waals surface area contributed by atoms with Gasteiger partial charge in [-0.1, -0.05) is 16.8 Å². The maximum Gasteiger partial charge on any atom is 0.269 e. The summed E-state index contributed by atoms with van der Waals surface area (Å²) < 4.78 is 18.5. The van der Waals surface area contributed by atoms with Gasteiger partial charge in [-0.05, 0) is 30.3 Å². The van der Waals surface area contributed by atoms with Crippen LogP contribution in [0.15, 0.2) is 47.0 Å². The average molecular weight is 349 g/mol. The average Bonchev–Trinajstić information content (AvgIpc) is 2.98. The topological polar surface area (TPSA) is 89.4 Å². The Balaban J connectivity index is 2.08. The number of nitro benzene ring substituents is 1. The Bertz CT molecular complexity index is 909. The Morgan fingerprint density at radius 3 is 2.54 bits per heavy atom. The molecule has 0 fully saturated rings. The lowest BCUT2D eigenvalue weighted by Crippen LogP contribution is -1.91. The largest absolute Gasteiger partial charge is 0.391 e. The second-order valence-corrected chi connectivity index (χ2v) is 5.33. The summed E-state index contributed by atoms with van der Waals surface area (Å²) >= 11 is 6.03. The number of aliphatic hydroxyl groups excluding tert-OH is 1. The number of aliphatic hydroxyl groups is 1. The van der Waals surface area contributed by atoms with E-state index < -0.39 is 17.3 Å². The van der Waals surface area contributed by atoms with Gasteiger partial charge in [0.25, 0.3) is 5.69 Å². The SMILES string of the molecule is O=[N+]([O-])c1ccc(-c2onc(-c3ccc(F)cc3Cl)c2CO)cc1. The summed E-state index contributed by atoms with van der Waals surface area (Å²) in [5.74, 6) is -0.226. The lowest BCUT2D eigenvalue weighted by atomic mass is 10.0. The van der Waals surface area contributed by atoms with Gasteiger partial charge in [0, 0.05) is 23.3 Å². The first-order chi connectivity index (χ1) is 11.5. The van der Waals surface area contributed by atoms with Crippen molar-refractivity contribution in [2.45, 2.75) is 6.61 Å². The van der Waals surface area contributed by atoms with Crippen molar-refractivity contribution in [2.24, 2.45) is 0 Å². The predicted molar refractivity (Wildman–Crippen MR) is 84.9 cm³/mol. The lowest BCUT2D eigenvalue weighted by molar-refractivity contribution is -0.384. The van der Waals surface area contributed by atoms with Gasteiger partial charge in [0.1, 0.15) is 11.5 Å². The highest BCUT2D eigenvalue weighted by Crippen LogP contribution is 2.36. The molecule has 6 nitrogen and oxygen atoms in total. The normalized spacial score (nSPS) is 10.8. The highest BCUT2D eigenvalue weighted by atomic mass is 35.5. The first-order valence-corrected chi connectivity index (χ1v) is 7.18. The van der Waals surface area contributed by atoms with Crippen LogP contribution in [0.25, 0.3) is 22.6 Å². The van der Waals surface area contributed by atoms with Crippen LogP contribution >= 0.6 is 11.6 Å². The van der Waals surface area contributed by atoms with Gasteiger partial charge in [-0.3, -0.25) is 10.1 Å². The van der Waals surface area contributed by atoms with Gasteiger partial charge in [-0.25, -0.2) is 4.39 Å². The van der Waals surface area contributed by atoms with Gasteiger partial charge >= 0.3 is 0 Å². The van der Waals surface area contributed by atoms with Crippen molar-refractivity contribution in [3.8, 4) is 22.6 Å². The Morgan fingerprint density at radius 1 is 1.25 bits per heavy atom. The Hall–Kier alpha value is -2.77. The van der Waals surface area contributed by atoms with Crippen LogP contribution in [0.3, 0.4) is 0 Å². The van der Waals surface area contributed by atoms with Crippen LogP contribution in [0.1, 0.15) is 5.56 Å². The number of benzene rings is 2. The molecule has 0 atom stereocenters. The van der Waals surface area contributed by atoms with Crippen LogP contribution in [-0.2, 0) is 6.61 Å². The lowest BCUT2D eigenvalue weighted by Gasteiger charge is -2.03. The minimum atomic E-state index is -0.513. The summed E-state index contributed by atoms with van der Waals surface area (Å²) in [5, 5.41) is 24.4. The summed E-state index contributed by atoms with van der Waals surface area (Å²) in [6.07, 6.45) is 0. The molecule has 1 aromatic heterocycles. The van der Waals surface area contributed by atoms with Gasteiger partial charge < -0.3 is 9.63 Å². The molecule has 0 aliphatic rings. The highest BCUT2D eigenvalue weighted by molar-refractivity contribution is 6.33. The molecule has 0 bridgehead atoms. The number of nitro groups is 1. The van der Waals surface area contributed by atoms with Crippen molar-refractivity contribution in [1.29, 1.82) is 0 Å². The van der Waals surface area contributed by atoms with E-state index in [0.29, 0.717) is 16.7 Å². The smallest absolute Gasteiger partial charge is 0.269 e. The minimum absolute atomic E-state index is 0.0642. The van der Waals surface area contributed by atoms with E-state index in [1.54, 1.807) is 0 Å². The third-order valence-electron chi connectivity index (χ3n) is 3.47. The third-order valence-corrected chi connectivity index (χ3v) is 3.79. The van der Waals surface area contributed by atoms with E-state index in [1.807, 2.05) is 0 Å². The van der Waals surface area contributed by atoms with Crippen LogP contribution in [-0.4, -0.2) is 15.2 Å². The number of nitrogens with zero attached hydrogens (tertiary/aromatic N) is 2. The van der Waals surface area contributed by atoms with E-state index in [0.717, 1.165) is 6.07 Å². The molecule has 0 amide bonds. The predicted octanol–water partition coefficient (Wildman–Crippen LogP) is 4.20. The van der Waals surface area contributed by atoms with Crippen LogP contribution in [0.5, 0.6) is 0 Å². The first-order valence-electron chi connectivity index (χ1n) is 6.81. The van der Waals surface area contributed by atoms with Crippen molar-refractivity contribution in [1.82, 2.24) is 5.16 Å². The molecule has 0 saturated heterocycles. The van der Waals surface area contributed by atoms with Crippen molar-refractivity contribution in [3.63, 3.8) is 0 Å². The first kappa shape index (κ1) is 16.1. The van der Waals surface area contributed by atoms with Crippen molar-refractivity contribution < 1.29 is 18.9 Å². The van der Waals surface area contributed by atoms with Crippen molar-refractivity contribution >= 4 is 17.3 Å². The summed E-state index contributed by atoms with van der Waals surface area (Å²) in [7, 11) is 0. The number of hydrogen-bond acceptors (Lipinski definition) is 5. The number of non-ortho nitro benzene ring substituents is 1. The quantitative estimate of drug-likeness (QED) is 0.563. The molecule has 3 aromatic rings. The fourth-order valence-corrected chi connectivity index (χ4v) is 2.57. The van der Waals surface area contributed by atoms with Gasteiger partial charge in [-0.15, -0.1) is 0 Å². The summed E-state index contributed by atoms with van der Waals surface area (Å²) in [5.41, 5.74) is 1.51. The Labute approximate surface area is 140 Å². The van der Waals surface area contributed by atoms with E-state index in [-0.39, 0.29) is 22.2 Å². The maximum absolute atomic E-state index is 13.2. The molecule has 2 aromatic carbocycles. The van der Waals surface area contributed by atoms with Crippen LogP contribution in [0.4, 0.5) is 10.1 Å². The minimum Gasteiger partial charge on any atom is -0.391 e. The summed E-state index contributed by atoms with van der Waals surface area (Å²) in [6.45, 7) is -0.390. The van der Waals surface area contributed by atoms with E-state index in [9.17, 15) is 19.6 Å². The number of aromatic nitrogens is 1. The van der Waals surface area contributed by atoms with E-state index in [4.69, 9.17) is 16.1 Å². The van der Waals surface area contributed by atoms with E-state index >= 15 is 0 Å². The molecule has 3 rings (SSSR count). The molecule has 1 heterocycles. The van der Waals surface area contributed by atoms with Gasteiger partial charge in [-0.2, -0.15) is 0 Å². The fourth-order valence-electron chi connectivity index (χ4n) is 2.31. The van der Waals surface area contributed by atoms with Gasteiger partial charge in [0.15, 0.2) is 5.76 Å². The fraction of sp³-hybridized carbons (Fsp3) is 0.0625. The Morgan fingerprint density at radius 2 is 1.96 bits per heavy atom. The zero-order valence-corrected chi connectivity index (χ0v) is 12.8. The number of halogens is 2. The van der Waals surface area contributed by atoms with Crippen LogP contribution in [0, 0.1) is 15.9 Å². The molecule has 1 N–H and O–H groups in total. The molecular formula is C16H10ClFN2O4.